The summed E-state index contributed by atoms with van der Waals surface area (Å²) in [6, 6.07) is 1.95. The first kappa shape index (κ1) is 11.4. The van der Waals surface area contributed by atoms with Crippen LogP contribution in [0.1, 0.15) is 5.69 Å². The summed E-state index contributed by atoms with van der Waals surface area (Å²) in [5.74, 6) is 0. The van der Waals surface area contributed by atoms with E-state index in [1.54, 1.807) is 4.68 Å². The van der Waals surface area contributed by atoms with Gasteiger partial charge in [0, 0.05) is 26.3 Å². The summed E-state index contributed by atoms with van der Waals surface area (Å²) >= 11 is 0. The molecule has 0 saturated carbocycles. The lowest BCUT2D eigenvalue weighted by molar-refractivity contribution is 0.291. The molecule has 0 radical (unpaired) electrons. The summed E-state index contributed by atoms with van der Waals surface area (Å²) in [5.41, 5.74) is 1.00. The fourth-order valence-corrected chi connectivity index (χ4v) is 0.853. The highest BCUT2D eigenvalue weighted by molar-refractivity contribution is 5.85. The Kier molecular flexibility index (Phi) is 5.70. The molecule has 0 aliphatic rings. The van der Waals surface area contributed by atoms with Crippen molar-refractivity contribution in [3.8, 4) is 0 Å². The molecule has 0 aromatic carbocycles. The standard InChI is InChI=1S/C7H13N3O.ClH/c1-10-4-2-7(9-10)6-8-3-5-11;/h2,4,8,11H,3,5-6H2,1H3;1H. The largest absolute Gasteiger partial charge is 0.395 e. The smallest absolute Gasteiger partial charge is 0.0762 e. The summed E-state index contributed by atoms with van der Waals surface area (Å²) in [6.07, 6.45) is 1.90. The van der Waals surface area contributed by atoms with Crippen LogP contribution in [0.25, 0.3) is 0 Å². The molecule has 0 amide bonds. The minimum atomic E-state index is 0. The van der Waals surface area contributed by atoms with Gasteiger partial charge >= 0.3 is 0 Å². The van der Waals surface area contributed by atoms with E-state index in [1.165, 1.54) is 0 Å². The van der Waals surface area contributed by atoms with Gasteiger partial charge in [-0.05, 0) is 6.07 Å². The number of nitrogens with one attached hydrogen (secondary N) is 1. The lowest BCUT2D eigenvalue weighted by Crippen LogP contribution is -2.17. The van der Waals surface area contributed by atoms with Crippen molar-refractivity contribution in [2.24, 2.45) is 7.05 Å². The number of aryl methyl sites for hydroxylation is 1. The van der Waals surface area contributed by atoms with Crippen LogP contribution in [0.2, 0.25) is 0 Å². The summed E-state index contributed by atoms with van der Waals surface area (Å²) in [4.78, 5) is 0. The van der Waals surface area contributed by atoms with Gasteiger partial charge in [-0.2, -0.15) is 5.10 Å². The maximum Gasteiger partial charge on any atom is 0.0762 e. The van der Waals surface area contributed by atoms with Crippen LogP contribution in [0.4, 0.5) is 0 Å². The summed E-state index contributed by atoms with van der Waals surface area (Å²) < 4.78 is 1.76. The number of hydrogen-bond acceptors (Lipinski definition) is 3. The molecule has 70 valence electrons. The Labute approximate surface area is 78.0 Å². The van der Waals surface area contributed by atoms with E-state index >= 15 is 0 Å². The molecule has 0 bridgehead atoms. The molecular formula is C7H14ClN3O. The molecule has 0 saturated heterocycles. The maximum absolute atomic E-state index is 8.46. The van der Waals surface area contributed by atoms with Crippen LogP contribution in [0.15, 0.2) is 12.3 Å². The Morgan fingerprint density at radius 3 is 2.92 bits per heavy atom. The highest BCUT2D eigenvalue weighted by atomic mass is 35.5. The Hall–Kier alpha value is -0.580. The normalized spacial score (nSPS) is 9.50. The van der Waals surface area contributed by atoms with E-state index < -0.39 is 0 Å². The zero-order valence-corrected chi connectivity index (χ0v) is 7.84. The molecule has 1 aromatic rings. The molecule has 5 heteroatoms. The first-order chi connectivity index (χ1) is 5.33. The van der Waals surface area contributed by atoms with Crippen LogP contribution < -0.4 is 5.32 Å². The van der Waals surface area contributed by atoms with Crippen molar-refractivity contribution in [3.05, 3.63) is 18.0 Å². The first-order valence-electron chi connectivity index (χ1n) is 3.63. The number of hydrogen-bond donors (Lipinski definition) is 2. The number of nitrogens with zero attached hydrogens (tertiary/aromatic N) is 2. The van der Waals surface area contributed by atoms with E-state index in [1.807, 2.05) is 19.3 Å². The van der Waals surface area contributed by atoms with Crippen LogP contribution in [0.5, 0.6) is 0 Å². The lowest BCUT2D eigenvalue weighted by atomic mass is 10.4. The van der Waals surface area contributed by atoms with E-state index in [4.69, 9.17) is 5.11 Å². The molecule has 0 atom stereocenters. The van der Waals surface area contributed by atoms with Gasteiger partial charge in [-0.15, -0.1) is 12.4 Å². The van der Waals surface area contributed by atoms with Crippen LogP contribution in [-0.4, -0.2) is 28.0 Å². The monoisotopic (exact) mass is 191 g/mol. The van der Waals surface area contributed by atoms with Gasteiger partial charge in [-0.25, -0.2) is 0 Å². The first-order valence-corrected chi connectivity index (χ1v) is 3.63. The third kappa shape index (κ3) is 3.71. The van der Waals surface area contributed by atoms with Crippen LogP contribution >= 0.6 is 12.4 Å². The van der Waals surface area contributed by atoms with Crippen LogP contribution in [-0.2, 0) is 13.6 Å². The Morgan fingerprint density at radius 2 is 2.42 bits per heavy atom. The van der Waals surface area contributed by atoms with Crippen LogP contribution in [0.3, 0.4) is 0 Å². The second-order valence-corrected chi connectivity index (χ2v) is 2.38. The Balaban J connectivity index is 0.00000121. The van der Waals surface area contributed by atoms with Crippen molar-refractivity contribution in [2.45, 2.75) is 6.54 Å². The van der Waals surface area contributed by atoms with Gasteiger partial charge in [-0.1, -0.05) is 0 Å². The Morgan fingerprint density at radius 1 is 1.67 bits per heavy atom. The van der Waals surface area contributed by atoms with Gasteiger partial charge in [-0.3, -0.25) is 4.68 Å². The highest BCUT2D eigenvalue weighted by Gasteiger charge is 1.93. The number of aliphatic hydroxyl groups is 1. The van der Waals surface area contributed by atoms with Gasteiger partial charge in [0.2, 0.25) is 0 Å². The van der Waals surface area contributed by atoms with Crippen molar-refractivity contribution in [3.63, 3.8) is 0 Å². The lowest BCUT2D eigenvalue weighted by Gasteiger charge is -1.97. The molecule has 0 spiro atoms. The van der Waals surface area contributed by atoms with Crippen molar-refractivity contribution >= 4 is 12.4 Å². The van der Waals surface area contributed by atoms with E-state index in [0.717, 1.165) is 12.2 Å². The average molecular weight is 192 g/mol. The Bertz CT molecular complexity index is 214. The van der Waals surface area contributed by atoms with Crippen LogP contribution in [0, 0.1) is 0 Å². The van der Waals surface area contributed by atoms with Gasteiger partial charge in [0.1, 0.15) is 0 Å². The van der Waals surface area contributed by atoms with Gasteiger partial charge in [0.05, 0.1) is 12.3 Å². The van der Waals surface area contributed by atoms with E-state index in [2.05, 4.69) is 10.4 Å². The second-order valence-electron chi connectivity index (χ2n) is 2.38. The molecule has 0 fully saturated rings. The zero-order chi connectivity index (χ0) is 8.10. The SMILES string of the molecule is Cl.Cn1ccc(CNCCO)n1. The van der Waals surface area contributed by atoms with Crippen molar-refractivity contribution in [2.75, 3.05) is 13.2 Å². The van der Waals surface area contributed by atoms with E-state index in [0.29, 0.717) is 6.54 Å². The zero-order valence-electron chi connectivity index (χ0n) is 7.03. The van der Waals surface area contributed by atoms with E-state index in [9.17, 15) is 0 Å². The summed E-state index contributed by atoms with van der Waals surface area (Å²) in [7, 11) is 1.88. The number of aliphatic hydroxyl groups excluding tert-OH is 1. The third-order valence-corrected chi connectivity index (χ3v) is 1.36. The van der Waals surface area contributed by atoms with Gasteiger partial charge in [0.15, 0.2) is 0 Å². The molecule has 0 aliphatic heterocycles. The minimum Gasteiger partial charge on any atom is -0.395 e. The van der Waals surface area contributed by atoms with Crippen molar-refractivity contribution in [1.29, 1.82) is 0 Å². The number of rotatable bonds is 4. The molecular weight excluding hydrogens is 178 g/mol. The number of aromatic nitrogens is 2. The third-order valence-electron chi connectivity index (χ3n) is 1.36. The summed E-state index contributed by atoms with van der Waals surface area (Å²) in [6.45, 7) is 1.52. The fourth-order valence-electron chi connectivity index (χ4n) is 0.853. The predicted octanol–water partition coefficient (Wildman–Crippen LogP) is -0.0762. The topological polar surface area (TPSA) is 50.1 Å². The molecule has 1 heterocycles. The van der Waals surface area contributed by atoms with Crippen molar-refractivity contribution in [1.82, 2.24) is 15.1 Å². The van der Waals surface area contributed by atoms with E-state index in [-0.39, 0.29) is 19.0 Å². The number of halogens is 1. The highest BCUT2D eigenvalue weighted by Crippen LogP contribution is 1.91. The quantitative estimate of drug-likeness (QED) is 0.655. The maximum atomic E-state index is 8.46. The molecule has 4 nitrogen and oxygen atoms in total. The molecule has 1 rings (SSSR count). The average Bonchev–Trinajstić information content (AvgIpc) is 2.37. The van der Waals surface area contributed by atoms with Gasteiger partial charge < -0.3 is 10.4 Å². The minimum absolute atomic E-state index is 0. The molecule has 0 unspecified atom stereocenters. The van der Waals surface area contributed by atoms with Gasteiger partial charge in [0.25, 0.3) is 0 Å². The summed E-state index contributed by atoms with van der Waals surface area (Å²) in [5, 5.41) is 15.7. The molecule has 0 aliphatic carbocycles. The molecule has 1 aromatic heterocycles. The fraction of sp³-hybridized carbons (Fsp3) is 0.571. The molecule has 2 N–H and O–H groups in total. The second kappa shape index (κ2) is 5.99. The van der Waals surface area contributed by atoms with Crippen molar-refractivity contribution < 1.29 is 5.11 Å². The predicted molar refractivity (Wildman–Crippen MR) is 49.2 cm³/mol. The molecule has 12 heavy (non-hydrogen) atoms.